The van der Waals surface area contributed by atoms with Gasteiger partial charge in [-0.2, -0.15) is 0 Å². The maximum atomic E-state index is 10.1. The molecule has 0 aromatic heterocycles. The number of aliphatic hydroxyl groups excluding tert-OH is 2. The number of rotatable bonds is 2. The van der Waals surface area contributed by atoms with Gasteiger partial charge in [-0.25, -0.2) is 4.79 Å². The van der Waals surface area contributed by atoms with Crippen LogP contribution < -0.4 is 0 Å². The molecule has 3 N–H and O–H groups in total. The van der Waals surface area contributed by atoms with Gasteiger partial charge in [-0.15, -0.1) is 0 Å². The minimum absolute atomic E-state index is 0.169. The Morgan fingerprint density at radius 1 is 1.14 bits per heavy atom. The molecule has 0 saturated heterocycles. The van der Waals surface area contributed by atoms with Gasteiger partial charge in [0.2, 0.25) is 0 Å². The molecule has 0 heterocycles. The highest BCUT2D eigenvalue weighted by molar-refractivity contribution is 5.72. The summed E-state index contributed by atoms with van der Waals surface area (Å²) in [6.07, 6.45) is -1.65. The molecule has 0 spiro atoms. The van der Waals surface area contributed by atoms with E-state index in [9.17, 15) is 4.79 Å². The zero-order valence-corrected chi connectivity index (χ0v) is 7.24. The number of carboxylic acids is 1. The van der Waals surface area contributed by atoms with Crippen LogP contribution in [0.5, 0.6) is 0 Å². The number of aliphatic hydroxyl groups is 2. The molecule has 1 atom stereocenters. The van der Waals surface area contributed by atoms with Gasteiger partial charge in [0.25, 0.3) is 0 Å². The van der Waals surface area contributed by atoms with E-state index in [1.807, 2.05) is 0 Å². The lowest BCUT2D eigenvalue weighted by Crippen LogP contribution is -2.18. The van der Waals surface area contributed by atoms with Crippen LogP contribution >= 0.6 is 0 Å². The van der Waals surface area contributed by atoms with Crippen LogP contribution in [0.3, 0.4) is 0 Å². The third-order valence-electron chi connectivity index (χ3n) is 1.02. The smallest absolute Gasteiger partial charge is 0.333 e. The number of aliphatic carboxylic acids is 1. The second-order valence-corrected chi connectivity index (χ2v) is 2.07. The van der Waals surface area contributed by atoms with Gasteiger partial charge in [0.1, 0.15) is 6.61 Å². The standard InChI is InChI=1S/C10H8O4/c11-8-6-4-2-1-3-5-7-9(12)10(13)14/h9,11-12H,7-8H2,(H,13,14)/t9-/m1/s1. The molecule has 0 bridgehead atoms. The fourth-order valence-electron chi connectivity index (χ4n) is 0.425. The van der Waals surface area contributed by atoms with Crippen molar-refractivity contribution in [1.82, 2.24) is 0 Å². The molecular weight excluding hydrogens is 184 g/mol. The van der Waals surface area contributed by atoms with E-state index in [1.165, 1.54) is 0 Å². The van der Waals surface area contributed by atoms with Crippen molar-refractivity contribution < 1.29 is 20.1 Å². The van der Waals surface area contributed by atoms with Crippen molar-refractivity contribution in [2.45, 2.75) is 12.5 Å². The summed E-state index contributed by atoms with van der Waals surface area (Å²) in [7, 11) is 0. The maximum absolute atomic E-state index is 10.1. The lowest BCUT2D eigenvalue weighted by Gasteiger charge is -1.95. The van der Waals surface area contributed by atoms with E-state index in [4.69, 9.17) is 15.3 Å². The fraction of sp³-hybridized carbons (Fsp3) is 0.300. The monoisotopic (exact) mass is 192 g/mol. The molecule has 0 radical (unpaired) electrons. The molecule has 0 aromatic rings. The van der Waals surface area contributed by atoms with Crippen LogP contribution in [-0.2, 0) is 4.79 Å². The number of carboxylic acid groups (broad SMARTS) is 1. The maximum Gasteiger partial charge on any atom is 0.333 e. The molecule has 14 heavy (non-hydrogen) atoms. The Hall–Kier alpha value is -1.93. The first-order valence-corrected chi connectivity index (χ1v) is 3.66. The van der Waals surface area contributed by atoms with Crippen LogP contribution in [0.4, 0.5) is 0 Å². The van der Waals surface area contributed by atoms with E-state index < -0.39 is 12.1 Å². The van der Waals surface area contributed by atoms with E-state index >= 15 is 0 Å². The number of carbonyl (C=O) groups is 1. The summed E-state index contributed by atoms with van der Waals surface area (Å²) in [6.45, 7) is -0.264. The highest BCUT2D eigenvalue weighted by Crippen LogP contribution is 1.87. The van der Waals surface area contributed by atoms with E-state index in [0.29, 0.717) is 0 Å². The van der Waals surface area contributed by atoms with Gasteiger partial charge in [-0.3, -0.25) is 0 Å². The van der Waals surface area contributed by atoms with Crippen molar-refractivity contribution >= 4 is 5.97 Å². The summed E-state index contributed by atoms with van der Waals surface area (Å²) in [5.41, 5.74) is 0. The Balaban J connectivity index is 3.94. The minimum Gasteiger partial charge on any atom is -0.479 e. The van der Waals surface area contributed by atoms with E-state index in [-0.39, 0.29) is 13.0 Å². The summed E-state index contributed by atoms with van der Waals surface area (Å²) in [5.74, 6) is 12.6. The van der Waals surface area contributed by atoms with Crippen molar-refractivity contribution in [3.05, 3.63) is 0 Å². The van der Waals surface area contributed by atoms with Crippen LogP contribution in [0, 0.1) is 35.5 Å². The van der Waals surface area contributed by atoms with Crippen LogP contribution in [0.25, 0.3) is 0 Å². The third-order valence-corrected chi connectivity index (χ3v) is 1.02. The average Bonchev–Trinajstić information content (AvgIpc) is 2.16. The van der Waals surface area contributed by atoms with Gasteiger partial charge >= 0.3 is 5.97 Å². The topological polar surface area (TPSA) is 77.8 Å². The summed E-state index contributed by atoms with van der Waals surface area (Å²) in [5, 5.41) is 25.2. The Morgan fingerprint density at radius 3 is 2.21 bits per heavy atom. The quantitative estimate of drug-likeness (QED) is 0.481. The Labute approximate surface area is 81.6 Å². The third kappa shape index (κ3) is 6.76. The van der Waals surface area contributed by atoms with Crippen molar-refractivity contribution in [1.29, 1.82) is 0 Å². The van der Waals surface area contributed by atoms with E-state index in [0.717, 1.165) is 0 Å². The van der Waals surface area contributed by atoms with Gasteiger partial charge in [-0.05, 0) is 23.7 Å². The Bertz CT molecular complexity index is 364. The molecule has 0 unspecified atom stereocenters. The molecule has 4 nitrogen and oxygen atoms in total. The van der Waals surface area contributed by atoms with E-state index in [2.05, 4.69) is 35.5 Å². The zero-order chi connectivity index (χ0) is 10.8. The van der Waals surface area contributed by atoms with Gasteiger partial charge in [0.15, 0.2) is 6.10 Å². The summed E-state index contributed by atoms with van der Waals surface area (Å²) < 4.78 is 0. The number of hydrogen-bond donors (Lipinski definition) is 3. The molecule has 0 fully saturated rings. The second-order valence-electron chi connectivity index (χ2n) is 2.07. The molecule has 0 amide bonds. The van der Waals surface area contributed by atoms with Crippen molar-refractivity contribution in [3.8, 4) is 35.5 Å². The van der Waals surface area contributed by atoms with Crippen molar-refractivity contribution in [2.75, 3.05) is 6.61 Å². The first kappa shape index (κ1) is 12.1. The lowest BCUT2D eigenvalue weighted by molar-refractivity contribution is -0.146. The largest absolute Gasteiger partial charge is 0.479 e. The molecule has 0 aliphatic rings. The van der Waals surface area contributed by atoms with Gasteiger partial charge in [0, 0.05) is 6.42 Å². The predicted molar refractivity (Wildman–Crippen MR) is 48.7 cm³/mol. The lowest BCUT2D eigenvalue weighted by atomic mass is 10.2. The van der Waals surface area contributed by atoms with E-state index in [1.54, 1.807) is 0 Å². The van der Waals surface area contributed by atoms with Gasteiger partial charge in [0.05, 0.1) is 0 Å². The molecule has 4 heteroatoms. The van der Waals surface area contributed by atoms with Crippen molar-refractivity contribution in [3.63, 3.8) is 0 Å². The van der Waals surface area contributed by atoms with Gasteiger partial charge in [-0.1, -0.05) is 11.8 Å². The van der Waals surface area contributed by atoms with Crippen LogP contribution in [0.2, 0.25) is 0 Å². The zero-order valence-electron chi connectivity index (χ0n) is 7.24. The highest BCUT2D eigenvalue weighted by atomic mass is 16.4. The summed E-state index contributed by atoms with van der Waals surface area (Å²) >= 11 is 0. The molecule has 0 aliphatic carbocycles. The van der Waals surface area contributed by atoms with Crippen molar-refractivity contribution in [2.24, 2.45) is 0 Å². The molecule has 0 aromatic carbocycles. The Morgan fingerprint density at radius 2 is 1.71 bits per heavy atom. The highest BCUT2D eigenvalue weighted by Gasteiger charge is 2.09. The van der Waals surface area contributed by atoms with Crippen LogP contribution in [0.1, 0.15) is 6.42 Å². The normalized spacial score (nSPS) is 9.29. The summed E-state index contributed by atoms with van der Waals surface area (Å²) in [6, 6.07) is 0. The Kier molecular flexibility index (Phi) is 6.64. The number of hydrogen-bond acceptors (Lipinski definition) is 3. The molecule has 0 rings (SSSR count). The van der Waals surface area contributed by atoms with Gasteiger partial charge < -0.3 is 15.3 Å². The first-order chi connectivity index (χ1) is 6.68. The molecule has 0 saturated carbocycles. The van der Waals surface area contributed by atoms with Crippen LogP contribution in [-0.4, -0.2) is 34.0 Å². The summed E-state index contributed by atoms with van der Waals surface area (Å²) in [4.78, 5) is 10.1. The molecule has 72 valence electrons. The average molecular weight is 192 g/mol. The SMILES string of the molecule is O=C(O)[C@H](O)CC#CC#CC#CCO. The molecule has 0 aliphatic heterocycles. The fourth-order valence-corrected chi connectivity index (χ4v) is 0.425. The first-order valence-electron chi connectivity index (χ1n) is 3.66. The molecular formula is C10H8O4. The van der Waals surface area contributed by atoms with Crippen LogP contribution in [0.15, 0.2) is 0 Å². The minimum atomic E-state index is -1.48. The predicted octanol–water partition coefficient (Wildman–Crippen LogP) is -1.18. The second kappa shape index (κ2) is 7.71.